The van der Waals surface area contributed by atoms with Gasteiger partial charge in [-0.2, -0.15) is 0 Å². The number of thiazole rings is 1. The highest BCUT2D eigenvalue weighted by atomic mass is 32.1. The second-order valence-corrected chi connectivity index (χ2v) is 6.11. The van der Waals surface area contributed by atoms with E-state index >= 15 is 0 Å². The van der Waals surface area contributed by atoms with Crippen LogP contribution in [-0.4, -0.2) is 11.0 Å². The van der Waals surface area contributed by atoms with Gasteiger partial charge in [0.15, 0.2) is 0 Å². The number of rotatable bonds is 3. The molecular weight excluding hydrogens is 216 g/mol. The lowest BCUT2D eigenvalue weighted by Gasteiger charge is -2.31. The number of nitrogens with one attached hydrogen (secondary N) is 1. The highest BCUT2D eigenvalue weighted by molar-refractivity contribution is 7.09. The summed E-state index contributed by atoms with van der Waals surface area (Å²) >= 11 is 1.74. The van der Waals surface area contributed by atoms with Gasteiger partial charge in [-0.1, -0.05) is 19.8 Å². The number of aryl methyl sites for hydroxylation is 1. The molecule has 3 heteroatoms. The van der Waals surface area contributed by atoms with Crippen LogP contribution in [-0.2, 0) is 0 Å². The summed E-state index contributed by atoms with van der Waals surface area (Å²) < 4.78 is 0. The van der Waals surface area contributed by atoms with Crippen molar-refractivity contribution in [3.05, 3.63) is 16.1 Å². The van der Waals surface area contributed by atoms with Crippen molar-refractivity contribution < 1.29 is 0 Å². The molecule has 1 aromatic rings. The van der Waals surface area contributed by atoms with Crippen LogP contribution in [0, 0.1) is 12.8 Å². The Hall–Kier alpha value is -0.410. The largest absolute Gasteiger partial charge is 0.306 e. The van der Waals surface area contributed by atoms with Crippen molar-refractivity contribution in [1.82, 2.24) is 10.3 Å². The van der Waals surface area contributed by atoms with Crippen LogP contribution in [0.2, 0.25) is 0 Å². The summed E-state index contributed by atoms with van der Waals surface area (Å²) in [6.45, 7) is 6.68. The minimum absolute atomic E-state index is 0.399. The molecule has 2 nitrogen and oxygen atoms in total. The molecule has 1 aliphatic carbocycles. The average Bonchev–Trinajstić information content (AvgIpc) is 2.68. The first-order chi connectivity index (χ1) is 7.66. The van der Waals surface area contributed by atoms with Gasteiger partial charge >= 0.3 is 0 Å². The zero-order valence-electron chi connectivity index (χ0n) is 10.5. The third-order valence-electron chi connectivity index (χ3n) is 3.66. The van der Waals surface area contributed by atoms with Crippen molar-refractivity contribution in [2.24, 2.45) is 5.92 Å². The number of hydrogen-bond donors (Lipinski definition) is 1. The van der Waals surface area contributed by atoms with Crippen LogP contribution >= 0.6 is 11.3 Å². The second kappa shape index (κ2) is 5.28. The lowest BCUT2D eigenvalue weighted by atomic mass is 9.85. The van der Waals surface area contributed by atoms with Gasteiger partial charge in [-0.25, -0.2) is 4.98 Å². The molecule has 3 atom stereocenters. The third-order valence-corrected chi connectivity index (χ3v) is 4.45. The van der Waals surface area contributed by atoms with Crippen molar-refractivity contribution in [1.29, 1.82) is 0 Å². The molecule has 1 N–H and O–H groups in total. The molecule has 0 saturated heterocycles. The molecule has 0 bridgehead atoms. The number of nitrogens with zero attached hydrogens (tertiary/aromatic N) is 1. The zero-order valence-corrected chi connectivity index (χ0v) is 11.3. The van der Waals surface area contributed by atoms with Gasteiger partial charge in [0.05, 0.1) is 10.7 Å². The van der Waals surface area contributed by atoms with Crippen molar-refractivity contribution in [3.8, 4) is 0 Å². The normalized spacial score (nSPS) is 27.9. The summed E-state index contributed by atoms with van der Waals surface area (Å²) in [6, 6.07) is 1.08. The fraction of sp³-hybridized carbons (Fsp3) is 0.769. The maximum absolute atomic E-state index is 4.56. The van der Waals surface area contributed by atoms with Crippen LogP contribution in [0.25, 0.3) is 0 Å². The molecule has 0 amide bonds. The van der Waals surface area contributed by atoms with E-state index in [0.717, 1.165) is 5.92 Å². The summed E-state index contributed by atoms with van der Waals surface area (Å²) in [4.78, 5) is 4.56. The van der Waals surface area contributed by atoms with E-state index < -0.39 is 0 Å². The molecule has 16 heavy (non-hydrogen) atoms. The first-order valence-corrected chi connectivity index (χ1v) is 7.23. The maximum atomic E-state index is 4.56. The standard InChI is InChI=1S/C13H22N2S/c1-9-6-4-5-7-12(9)14-10(2)13-8-16-11(3)15-13/h8-10,12,14H,4-7H2,1-3H3. The minimum atomic E-state index is 0.399. The second-order valence-electron chi connectivity index (χ2n) is 5.05. The van der Waals surface area contributed by atoms with Gasteiger partial charge in [-0.15, -0.1) is 11.3 Å². The SMILES string of the molecule is Cc1nc(C(C)NC2CCCCC2C)cs1. The van der Waals surface area contributed by atoms with Gasteiger partial charge in [0, 0.05) is 17.5 Å². The molecule has 1 fully saturated rings. The molecule has 0 aliphatic heterocycles. The topological polar surface area (TPSA) is 24.9 Å². The van der Waals surface area contributed by atoms with Crippen LogP contribution in [0.4, 0.5) is 0 Å². The van der Waals surface area contributed by atoms with E-state index in [0.29, 0.717) is 12.1 Å². The van der Waals surface area contributed by atoms with Crippen LogP contribution < -0.4 is 5.32 Å². The number of hydrogen-bond acceptors (Lipinski definition) is 3. The Morgan fingerprint density at radius 2 is 2.19 bits per heavy atom. The Bertz CT molecular complexity index is 334. The van der Waals surface area contributed by atoms with Crippen molar-refractivity contribution in [2.45, 2.75) is 58.5 Å². The lowest BCUT2D eigenvalue weighted by Crippen LogP contribution is -2.38. The molecule has 0 aromatic carbocycles. The van der Waals surface area contributed by atoms with E-state index in [2.05, 4.69) is 36.5 Å². The molecule has 3 unspecified atom stereocenters. The molecule has 1 saturated carbocycles. The third kappa shape index (κ3) is 2.83. The van der Waals surface area contributed by atoms with E-state index in [1.165, 1.54) is 36.4 Å². The Morgan fingerprint density at radius 3 is 2.81 bits per heavy atom. The highest BCUT2D eigenvalue weighted by Gasteiger charge is 2.23. The fourth-order valence-electron chi connectivity index (χ4n) is 2.55. The Labute approximate surface area is 102 Å². The molecule has 1 heterocycles. The minimum Gasteiger partial charge on any atom is -0.306 e. The Morgan fingerprint density at radius 1 is 1.44 bits per heavy atom. The van der Waals surface area contributed by atoms with Gasteiger partial charge in [-0.05, 0) is 32.6 Å². The highest BCUT2D eigenvalue weighted by Crippen LogP contribution is 2.26. The van der Waals surface area contributed by atoms with Crippen molar-refractivity contribution >= 4 is 11.3 Å². The molecular formula is C13H22N2S. The lowest BCUT2D eigenvalue weighted by molar-refractivity contribution is 0.262. The molecule has 1 aliphatic rings. The van der Waals surface area contributed by atoms with E-state index in [1.807, 2.05) is 0 Å². The first kappa shape index (κ1) is 12.1. The van der Waals surface area contributed by atoms with Crippen LogP contribution in [0.15, 0.2) is 5.38 Å². The van der Waals surface area contributed by atoms with Crippen LogP contribution in [0.3, 0.4) is 0 Å². The first-order valence-electron chi connectivity index (χ1n) is 6.35. The molecule has 90 valence electrons. The van der Waals surface area contributed by atoms with Crippen molar-refractivity contribution in [2.75, 3.05) is 0 Å². The monoisotopic (exact) mass is 238 g/mol. The van der Waals surface area contributed by atoms with Crippen molar-refractivity contribution in [3.63, 3.8) is 0 Å². The molecule has 0 spiro atoms. The smallest absolute Gasteiger partial charge is 0.0898 e. The quantitative estimate of drug-likeness (QED) is 0.869. The van der Waals surface area contributed by atoms with Gasteiger partial charge in [0.25, 0.3) is 0 Å². The van der Waals surface area contributed by atoms with Gasteiger partial charge < -0.3 is 5.32 Å². The van der Waals surface area contributed by atoms with Gasteiger partial charge in [0.1, 0.15) is 0 Å². The Balaban J connectivity index is 1.93. The predicted molar refractivity (Wildman–Crippen MR) is 69.8 cm³/mol. The summed E-state index contributed by atoms with van der Waals surface area (Å²) in [5, 5.41) is 7.09. The molecule has 1 aromatic heterocycles. The zero-order chi connectivity index (χ0) is 11.5. The van der Waals surface area contributed by atoms with E-state index in [1.54, 1.807) is 11.3 Å². The summed E-state index contributed by atoms with van der Waals surface area (Å²) in [6.07, 6.45) is 5.49. The van der Waals surface area contributed by atoms with E-state index in [-0.39, 0.29) is 0 Å². The molecule has 0 radical (unpaired) electrons. The van der Waals surface area contributed by atoms with Gasteiger partial charge in [-0.3, -0.25) is 0 Å². The predicted octanol–water partition coefficient (Wildman–Crippen LogP) is 3.68. The molecule has 2 rings (SSSR count). The summed E-state index contributed by atoms with van der Waals surface area (Å²) in [5.74, 6) is 0.816. The van der Waals surface area contributed by atoms with Crippen LogP contribution in [0.1, 0.15) is 56.3 Å². The number of aromatic nitrogens is 1. The summed E-state index contributed by atoms with van der Waals surface area (Å²) in [5.41, 5.74) is 1.21. The van der Waals surface area contributed by atoms with E-state index in [9.17, 15) is 0 Å². The average molecular weight is 238 g/mol. The van der Waals surface area contributed by atoms with E-state index in [4.69, 9.17) is 0 Å². The summed E-state index contributed by atoms with van der Waals surface area (Å²) in [7, 11) is 0. The fourth-order valence-corrected chi connectivity index (χ4v) is 3.26. The van der Waals surface area contributed by atoms with Gasteiger partial charge in [0.2, 0.25) is 0 Å². The van der Waals surface area contributed by atoms with Crippen LogP contribution in [0.5, 0.6) is 0 Å². The Kier molecular flexibility index (Phi) is 3.98. The maximum Gasteiger partial charge on any atom is 0.0898 e.